The molecule has 2 fully saturated rings. The summed E-state index contributed by atoms with van der Waals surface area (Å²) >= 11 is 0.694. The van der Waals surface area contributed by atoms with Crippen LogP contribution in [0.3, 0.4) is 0 Å². The summed E-state index contributed by atoms with van der Waals surface area (Å²) in [4.78, 5) is 27.0. The molecule has 34 heavy (non-hydrogen) atoms. The molecule has 0 saturated carbocycles. The third-order valence-corrected chi connectivity index (χ3v) is 9.43. The van der Waals surface area contributed by atoms with Crippen LogP contribution in [0, 0.1) is 23.6 Å². The molecule has 0 aliphatic carbocycles. The summed E-state index contributed by atoms with van der Waals surface area (Å²) in [5.74, 6) is -6.15. The molecule has 3 aliphatic rings. The third kappa shape index (κ3) is 4.41. The molecule has 0 radical (unpaired) electrons. The highest BCUT2D eigenvalue weighted by Gasteiger charge is 2.65. The second-order valence-electron chi connectivity index (χ2n) is 9.75. The summed E-state index contributed by atoms with van der Waals surface area (Å²) in [5.41, 5.74) is -1.82. The quantitative estimate of drug-likeness (QED) is 0.278. The normalized spacial score (nSPS) is 45.4. The lowest BCUT2D eigenvalue weighted by Gasteiger charge is -2.52. The molecule has 12 heteroatoms. The Balaban J connectivity index is 2.17. The first-order chi connectivity index (χ1) is 17.3. The Hall–Kier alpha value is -1.18. The van der Waals surface area contributed by atoms with E-state index in [9.17, 15) is 29.6 Å². The fraction of sp³-hybridized carbons (Fsp3) is 0.818. The highest BCUT2D eigenvalue weighted by molar-refractivity contribution is 8.04. The molecule has 0 aromatic heterocycles. The van der Waals surface area contributed by atoms with E-state index < -0.39 is 74.7 Å². The number of β-lactam (4-membered cyclic amide) rings is 1. The predicted molar refractivity (Wildman–Crippen MR) is 131 cm³/mol. The average Bonchev–Trinajstić information content (AvgIpc) is 3.05. The van der Waals surface area contributed by atoms with Crippen molar-refractivity contribution in [2.75, 3.05) is 6.50 Å². The Morgan fingerprint density at radius 1 is 1.53 bits per heavy atom. The molecule has 8 atom stereocenters. The molecule has 0 aromatic carbocycles. The van der Waals surface area contributed by atoms with Crippen molar-refractivity contribution in [1.82, 2.24) is 14.9 Å². The Kier molecular flexibility index (Phi) is 5.57. The van der Waals surface area contributed by atoms with Crippen molar-refractivity contribution in [3.63, 3.8) is 0 Å². The van der Waals surface area contributed by atoms with Gasteiger partial charge in [0.25, 0.3) is 10.2 Å². The van der Waals surface area contributed by atoms with Crippen LogP contribution in [0.5, 0.6) is 0 Å². The van der Waals surface area contributed by atoms with Crippen LogP contribution >= 0.6 is 11.8 Å². The van der Waals surface area contributed by atoms with E-state index in [0.717, 1.165) is 11.8 Å². The number of aliphatic hydroxyl groups is 1. The molecule has 1 amide bonds. The van der Waals surface area contributed by atoms with E-state index in [-0.39, 0.29) is 16.5 Å². The van der Waals surface area contributed by atoms with Gasteiger partial charge >= 0.3 is 5.97 Å². The van der Waals surface area contributed by atoms with Gasteiger partial charge < -0.3 is 20.4 Å². The molecule has 0 spiro atoms. The number of aliphatic carboxylic acids is 1. The highest BCUT2D eigenvalue weighted by Crippen LogP contribution is 2.57. The highest BCUT2D eigenvalue weighted by atomic mass is 32.2. The van der Waals surface area contributed by atoms with Crippen molar-refractivity contribution in [2.45, 2.75) is 83.3 Å². The van der Waals surface area contributed by atoms with E-state index in [1.165, 1.54) is 20.8 Å². The largest absolute Gasteiger partial charge is 0.477 e. The van der Waals surface area contributed by atoms with Gasteiger partial charge in [-0.2, -0.15) is 13.1 Å². The van der Waals surface area contributed by atoms with Crippen molar-refractivity contribution in [3.8, 4) is 0 Å². The number of nitrogens with one attached hydrogen (secondary N) is 2. The standard InChI is InChI=1S/C22H38N4O6S2/c1-8-13-16-14(22(7,30)10(2)3)19(27)26(16)17(20(28)29)18(13)33-21(6)9-24-15(11(21)4)12(5)25-34(23,31)32/h10-16,24-25,30H,8-9H2,1-7H3,(H,28,29)(H2,23,31,32)/t11?,12?,13-,14-,15+,16-,21-,22-/m1/s1/i9D2,11D,12D,15D. The van der Waals surface area contributed by atoms with Crippen LogP contribution in [0.25, 0.3) is 0 Å². The zero-order valence-corrected chi connectivity index (χ0v) is 22.0. The fourth-order valence-corrected chi connectivity index (χ4v) is 6.98. The Labute approximate surface area is 213 Å². The maximum Gasteiger partial charge on any atom is 0.353 e. The van der Waals surface area contributed by atoms with Crippen LogP contribution < -0.4 is 15.2 Å². The topological polar surface area (TPSA) is 162 Å². The Bertz CT molecular complexity index is 1230. The number of carboxylic acid groups (broad SMARTS) is 1. The van der Waals surface area contributed by atoms with Crippen LogP contribution in [0.15, 0.2) is 10.6 Å². The monoisotopic (exact) mass is 523 g/mol. The number of carboxylic acids is 1. The number of amides is 1. The number of carbonyl (C=O) groups excluding carboxylic acids is 1. The van der Waals surface area contributed by atoms with Crippen molar-refractivity contribution in [3.05, 3.63) is 10.6 Å². The van der Waals surface area contributed by atoms with Gasteiger partial charge in [0.05, 0.1) is 17.6 Å². The van der Waals surface area contributed by atoms with Crippen LogP contribution in [0.1, 0.15) is 61.7 Å². The van der Waals surface area contributed by atoms with Gasteiger partial charge in [0.2, 0.25) is 5.91 Å². The van der Waals surface area contributed by atoms with Gasteiger partial charge in [0.1, 0.15) is 5.70 Å². The fourth-order valence-electron chi connectivity index (χ4n) is 4.91. The third-order valence-electron chi connectivity index (χ3n) is 7.31. The van der Waals surface area contributed by atoms with Crippen molar-refractivity contribution < 1.29 is 35.1 Å². The smallest absolute Gasteiger partial charge is 0.353 e. The second kappa shape index (κ2) is 9.04. The van der Waals surface area contributed by atoms with E-state index in [1.807, 2.05) is 0 Å². The zero-order valence-electron chi connectivity index (χ0n) is 25.4. The molecule has 194 valence electrons. The van der Waals surface area contributed by atoms with E-state index in [0.29, 0.717) is 18.2 Å². The molecule has 6 N–H and O–H groups in total. The first-order valence-corrected chi connectivity index (χ1v) is 13.4. The summed E-state index contributed by atoms with van der Waals surface area (Å²) in [6.07, 6.45) is 0.328. The van der Waals surface area contributed by atoms with Gasteiger partial charge in [-0.15, -0.1) is 11.8 Å². The van der Waals surface area contributed by atoms with Crippen molar-refractivity contribution >= 4 is 33.8 Å². The van der Waals surface area contributed by atoms with E-state index in [2.05, 4.69) is 5.32 Å². The summed E-state index contributed by atoms with van der Waals surface area (Å²) < 4.78 is 67.8. The molecule has 0 bridgehead atoms. The lowest BCUT2D eigenvalue weighted by molar-refractivity contribution is -0.179. The lowest BCUT2D eigenvalue weighted by atomic mass is 9.67. The summed E-state index contributed by atoms with van der Waals surface area (Å²) in [7, 11) is -4.54. The van der Waals surface area contributed by atoms with Gasteiger partial charge in [-0.25, -0.2) is 9.93 Å². The SMILES string of the molecule is [2H]C(C)(NS(N)(=O)=O)[C@@]1([2H])NC([2H])([2H])[C@@](C)(SC2=C(C(=O)O)N3C(=O)[C@H]([C@](C)(O)C(C)C)[C@H]3[C@H]2CC)C1([2H])C. The molecule has 3 rings (SSSR count). The minimum absolute atomic E-state index is 0.118. The summed E-state index contributed by atoms with van der Waals surface area (Å²) in [5, 5.41) is 28.7. The van der Waals surface area contributed by atoms with Gasteiger partial charge in [0, 0.05) is 41.0 Å². The number of carbonyl (C=O) groups is 2. The van der Waals surface area contributed by atoms with Crippen molar-refractivity contribution in [1.29, 1.82) is 0 Å². The van der Waals surface area contributed by atoms with Crippen LogP contribution in [-0.4, -0.2) is 70.3 Å². The molecular formula is C22H38N4O6S2. The predicted octanol–water partition coefficient (Wildman–Crippen LogP) is 0.838. The molecular weight excluding hydrogens is 480 g/mol. The van der Waals surface area contributed by atoms with Crippen molar-refractivity contribution in [2.24, 2.45) is 28.8 Å². The van der Waals surface area contributed by atoms with E-state index in [4.69, 9.17) is 10.6 Å². The number of thioether (sulfide) groups is 1. The number of nitrogens with two attached hydrogens (primary N) is 1. The van der Waals surface area contributed by atoms with Crippen LogP contribution in [0.2, 0.25) is 0 Å². The number of rotatable bonds is 9. The van der Waals surface area contributed by atoms with Gasteiger partial charge in [-0.05, 0) is 39.0 Å². The first-order valence-electron chi connectivity index (χ1n) is 13.6. The number of nitrogens with zero attached hydrogens (tertiary/aromatic N) is 1. The number of hydrogen-bond donors (Lipinski definition) is 5. The zero-order chi connectivity index (χ0) is 30.5. The molecule has 10 nitrogen and oxygen atoms in total. The minimum atomic E-state index is -4.54. The molecule has 3 heterocycles. The van der Waals surface area contributed by atoms with E-state index >= 15 is 0 Å². The molecule has 0 aromatic rings. The van der Waals surface area contributed by atoms with Gasteiger partial charge in [-0.1, -0.05) is 27.7 Å². The van der Waals surface area contributed by atoms with E-state index in [1.54, 1.807) is 25.5 Å². The first kappa shape index (κ1) is 21.0. The minimum Gasteiger partial charge on any atom is -0.477 e. The number of fused-ring (bicyclic) bond motifs is 1. The maximum absolute atomic E-state index is 13.3. The molecule has 3 aliphatic heterocycles. The van der Waals surface area contributed by atoms with Gasteiger partial charge in [-0.3, -0.25) is 4.79 Å². The second-order valence-corrected chi connectivity index (χ2v) is 12.5. The van der Waals surface area contributed by atoms with Crippen LogP contribution in [0.4, 0.5) is 0 Å². The lowest BCUT2D eigenvalue weighted by Crippen LogP contribution is -2.68. The summed E-state index contributed by atoms with van der Waals surface area (Å²) in [6.45, 7) is 7.64. The Morgan fingerprint density at radius 2 is 2.12 bits per heavy atom. The average molecular weight is 524 g/mol. The Morgan fingerprint density at radius 3 is 2.59 bits per heavy atom. The van der Waals surface area contributed by atoms with Crippen LogP contribution in [-0.2, 0) is 19.8 Å². The molecule has 2 unspecified atom stereocenters. The van der Waals surface area contributed by atoms with Gasteiger partial charge in [0.15, 0.2) is 0 Å². The summed E-state index contributed by atoms with van der Waals surface area (Å²) in [6, 6.07) is -5.87. The number of hydrogen-bond acceptors (Lipinski definition) is 7. The maximum atomic E-state index is 13.3. The molecule has 2 saturated heterocycles.